The van der Waals surface area contributed by atoms with Crippen molar-refractivity contribution >= 4 is 18.1 Å². The first kappa shape index (κ1) is 30.1. The van der Waals surface area contributed by atoms with Crippen molar-refractivity contribution in [2.24, 2.45) is 5.92 Å². The van der Waals surface area contributed by atoms with E-state index in [0.717, 1.165) is 41.5 Å². The van der Waals surface area contributed by atoms with Crippen LogP contribution in [-0.4, -0.2) is 86.8 Å². The number of carbonyl (C=O) groups is 3. The lowest BCUT2D eigenvalue weighted by atomic mass is 9.90. The minimum atomic E-state index is -1.15. The molecule has 2 unspecified atom stereocenters. The van der Waals surface area contributed by atoms with E-state index in [4.69, 9.17) is 9.47 Å². The van der Waals surface area contributed by atoms with Gasteiger partial charge in [-0.3, -0.25) is 9.69 Å². The second-order valence-corrected chi connectivity index (χ2v) is 11.9. The molecule has 43 heavy (non-hydrogen) atoms. The van der Waals surface area contributed by atoms with Gasteiger partial charge in [0, 0.05) is 43.9 Å². The third-order valence-corrected chi connectivity index (χ3v) is 8.73. The van der Waals surface area contributed by atoms with Crippen LogP contribution in [0.25, 0.3) is 11.1 Å². The zero-order valence-electron chi connectivity index (χ0n) is 24.9. The Morgan fingerprint density at radius 2 is 1.74 bits per heavy atom. The first-order valence-electron chi connectivity index (χ1n) is 15.0. The molecule has 0 saturated carbocycles. The number of hydrogen-bond donors (Lipinski definition) is 1. The monoisotopic (exact) mass is 589 g/mol. The predicted octanol–water partition coefficient (Wildman–Crippen LogP) is 4.69. The Hall–Kier alpha value is -4.33. The van der Waals surface area contributed by atoms with Gasteiger partial charge in [-0.25, -0.2) is 14.6 Å². The molecular formula is C32H39N5O6. The largest absolute Gasteiger partial charge is 0.474 e. The first-order chi connectivity index (χ1) is 20.6. The quantitative estimate of drug-likeness (QED) is 0.513. The average Bonchev–Trinajstić information content (AvgIpc) is 3.49. The van der Waals surface area contributed by atoms with Crippen LogP contribution in [0.2, 0.25) is 0 Å². The molecule has 3 amide bonds. The molecule has 11 nitrogen and oxygen atoms in total. The number of likely N-dealkylation sites (tertiary alicyclic amines) is 2. The van der Waals surface area contributed by atoms with Crippen molar-refractivity contribution in [1.29, 1.82) is 5.26 Å². The smallest absolute Gasteiger partial charge is 0.410 e. The van der Waals surface area contributed by atoms with E-state index in [-0.39, 0.29) is 37.2 Å². The van der Waals surface area contributed by atoms with E-state index in [1.54, 1.807) is 11.1 Å². The number of benzene rings is 1. The van der Waals surface area contributed by atoms with Gasteiger partial charge in [-0.2, -0.15) is 5.26 Å². The van der Waals surface area contributed by atoms with E-state index in [2.05, 4.69) is 11.1 Å². The number of carboxylic acid groups (broad SMARTS) is 1. The number of rotatable bonds is 6. The summed E-state index contributed by atoms with van der Waals surface area (Å²) in [6.45, 7) is 7.58. The summed E-state index contributed by atoms with van der Waals surface area (Å²) in [5.41, 5.74) is 3.54. The molecule has 4 heterocycles. The summed E-state index contributed by atoms with van der Waals surface area (Å²) in [5.74, 6) is 0.524. The zero-order valence-corrected chi connectivity index (χ0v) is 24.9. The number of aromatic nitrogens is 1. The molecule has 2 aromatic rings. The Balaban J connectivity index is 1.21. The SMILES string of the molecule is CC(C)OC(=O)N1CCC([C@H](C)Oc2ccc(-c3ccc4c(c3)CN(C(=O)O)C(C(=O)N3CCCC3C#N)C4)cn2)CC1. The standard InChI is InChI=1S/C32H39N5O6/c1-20(2)42-32(41)35-13-10-22(11-14-35)21(3)43-29-9-8-25(18-34-29)23-6-7-24-16-28(37(31(39)40)19-26(24)15-23)30(38)36-12-4-5-27(36)17-33/h6-9,15,18,20-22,27-28H,4-5,10-14,16,19H2,1-3H3,(H,39,40)/t21-,27?,28?/m0/s1. The zero-order chi connectivity index (χ0) is 30.7. The molecule has 3 aliphatic rings. The van der Waals surface area contributed by atoms with Crippen molar-refractivity contribution in [3.05, 3.63) is 47.7 Å². The summed E-state index contributed by atoms with van der Waals surface area (Å²) >= 11 is 0. The molecule has 0 spiro atoms. The van der Waals surface area contributed by atoms with Gasteiger partial charge in [0.05, 0.1) is 18.7 Å². The molecule has 1 aromatic heterocycles. The summed E-state index contributed by atoms with van der Waals surface area (Å²) in [7, 11) is 0. The summed E-state index contributed by atoms with van der Waals surface area (Å²) in [6.07, 6.45) is 3.43. The second kappa shape index (κ2) is 12.9. The molecule has 11 heteroatoms. The van der Waals surface area contributed by atoms with E-state index >= 15 is 0 Å². The van der Waals surface area contributed by atoms with Crippen molar-refractivity contribution in [2.45, 2.75) is 83.7 Å². The van der Waals surface area contributed by atoms with Gasteiger partial charge in [0.1, 0.15) is 18.2 Å². The summed E-state index contributed by atoms with van der Waals surface area (Å²) in [6, 6.07) is 10.5. The van der Waals surface area contributed by atoms with Crippen LogP contribution in [0.5, 0.6) is 5.88 Å². The Morgan fingerprint density at radius 3 is 2.40 bits per heavy atom. The molecule has 0 bridgehead atoms. The van der Waals surface area contributed by atoms with Gasteiger partial charge < -0.3 is 24.4 Å². The van der Waals surface area contributed by atoms with Gasteiger partial charge in [0.15, 0.2) is 0 Å². The van der Waals surface area contributed by atoms with Crippen molar-refractivity contribution < 1.29 is 29.0 Å². The average molecular weight is 590 g/mol. The van der Waals surface area contributed by atoms with Crippen molar-refractivity contribution in [3.8, 4) is 23.1 Å². The number of ether oxygens (including phenoxy) is 2. The van der Waals surface area contributed by atoms with Crippen molar-refractivity contribution in [1.82, 2.24) is 19.7 Å². The Labute approximate surface area is 252 Å². The maximum atomic E-state index is 13.3. The fourth-order valence-corrected chi connectivity index (χ4v) is 6.28. The Bertz CT molecular complexity index is 1380. The summed E-state index contributed by atoms with van der Waals surface area (Å²) in [5, 5.41) is 19.4. The Morgan fingerprint density at radius 1 is 1.00 bits per heavy atom. The molecule has 2 saturated heterocycles. The van der Waals surface area contributed by atoms with E-state index < -0.39 is 18.2 Å². The summed E-state index contributed by atoms with van der Waals surface area (Å²) < 4.78 is 11.5. The highest BCUT2D eigenvalue weighted by Crippen LogP contribution is 2.31. The molecule has 0 radical (unpaired) electrons. The molecule has 2 fully saturated rings. The van der Waals surface area contributed by atoms with Crippen LogP contribution in [-0.2, 0) is 22.5 Å². The molecule has 5 rings (SSSR count). The van der Waals surface area contributed by atoms with Gasteiger partial charge in [0.25, 0.3) is 0 Å². The highest BCUT2D eigenvalue weighted by molar-refractivity contribution is 5.87. The van der Waals surface area contributed by atoms with Crippen LogP contribution in [0.3, 0.4) is 0 Å². The van der Waals surface area contributed by atoms with Crippen LogP contribution in [0.4, 0.5) is 9.59 Å². The van der Waals surface area contributed by atoms with Gasteiger partial charge in [-0.05, 0) is 81.2 Å². The molecular weight excluding hydrogens is 550 g/mol. The molecule has 1 aromatic carbocycles. The predicted molar refractivity (Wildman–Crippen MR) is 157 cm³/mol. The first-order valence-corrected chi connectivity index (χ1v) is 15.0. The number of nitriles is 1. The lowest BCUT2D eigenvalue weighted by Crippen LogP contribution is -2.54. The topological polar surface area (TPSA) is 136 Å². The lowest BCUT2D eigenvalue weighted by molar-refractivity contribution is -0.136. The minimum absolute atomic E-state index is 0.0629. The fourth-order valence-electron chi connectivity index (χ4n) is 6.28. The Kier molecular flexibility index (Phi) is 9.04. The van der Waals surface area contributed by atoms with Gasteiger partial charge in [0.2, 0.25) is 11.8 Å². The number of pyridine rings is 1. The molecule has 228 valence electrons. The number of carbonyl (C=O) groups excluding carboxylic acids is 2. The number of piperidine rings is 1. The maximum Gasteiger partial charge on any atom is 0.410 e. The minimum Gasteiger partial charge on any atom is -0.474 e. The molecule has 0 aliphatic carbocycles. The lowest BCUT2D eigenvalue weighted by Gasteiger charge is -2.36. The third-order valence-electron chi connectivity index (χ3n) is 8.73. The highest BCUT2D eigenvalue weighted by atomic mass is 16.6. The second-order valence-electron chi connectivity index (χ2n) is 11.9. The molecule has 3 atom stereocenters. The van der Waals surface area contributed by atoms with Gasteiger partial charge >= 0.3 is 12.2 Å². The number of amides is 3. The maximum absolute atomic E-state index is 13.3. The summed E-state index contributed by atoms with van der Waals surface area (Å²) in [4.78, 5) is 46.6. The number of nitrogens with zero attached hydrogens (tertiary/aromatic N) is 5. The van der Waals surface area contributed by atoms with E-state index in [9.17, 15) is 24.8 Å². The van der Waals surface area contributed by atoms with Crippen LogP contribution >= 0.6 is 0 Å². The van der Waals surface area contributed by atoms with E-state index in [1.165, 1.54) is 9.80 Å². The van der Waals surface area contributed by atoms with Crippen LogP contribution in [0.15, 0.2) is 36.5 Å². The van der Waals surface area contributed by atoms with Crippen LogP contribution in [0, 0.1) is 17.2 Å². The third kappa shape index (κ3) is 6.69. The number of fused-ring (bicyclic) bond motifs is 1. The highest BCUT2D eigenvalue weighted by Gasteiger charge is 2.40. The molecule has 1 N–H and O–H groups in total. The fraction of sp³-hybridized carbons (Fsp3) is 0.531. The van der Waals surface area contributed by atoms with Gasteiger partial charge in [-0.15, -0.1) is 0 Å². The molecule has 3 aliphatic heterocycles. The van der Waals surface area contributed by atoms with E-state index in [0.29, 0.717) is 37.9 Å². The van der Waals surface area contributed by atoms with Crippen molar-refractivity contribution in [2.75, 3.05) is 19.6 Å². The van der Waals surface area contributed by atoms with Crippen molar-refractivity contribution in [3.63, 3.8) is 0 Å². The number of hydrogen-bond acceptors (Lipinski definition) is 7. The van der Waals surface area contributed by atoms with Crippen LogP contribution < -0.4 is 4.74 Å². The van der Waals surface area contributed by atoms with E-state index in [1.807, 2.05) is 51.1 Å². The normalized spacial score (nSPS) is 21.2. The van der Waals surface area contributed by atoms with Gasteiger partial charge in [-0.1, -0.05) is 12.1 Å². The van der Waals surface area contributed by atoms with Crippen LogP contribution in [0.1, 0.15) is 57.6 Å².